The molecule has 1 saturated carbocycles. The van der Waals surface area contributed by atoms with Crippen LogP contribution in [-0.2, 0) is 0 Å². The highest BCUT2D eigenvalue weighted by molar-refractivity contribution is 14.1. The van der Waals surface area contributed by atoms with Gasteiger partial charge in [0.15, 0.2) is 0 Å². The van der Waals surface area contributed by atoms with Crippen molar-refractivity contribution in [3.05, 3.63) is 9.77 Å². The van der Waals surface area contributed by atoms with Crippen molar-refractivity contribution in [2.24, 2.45) is 5.92 Å². The Labute approximate surface area is 105 Å². The molecule has 0 radical (unpaired) electrons. The van der Waals surface area contributed by atoms with Gasteiger partial charge < -0.3 is 5.73 Å². The second-order valence-electron chi connectivity index (χ2n) is 4.41. The van der Waals surface area contributed by atoms with Crippen LogP contribution in [0.2, 0.25) is 0 Å². The molecule has 1 aliphatic carbocycles. The third-order valence-corrected chi connectivity index (χ3v) is 4.36. The van der Waals surface area contributed by atoms with Gasteiger partial charge in [0, 0.05) is 0 Å². The summed E-state index contributed by atoms with van der Waals surface area (Å²) >= 11 is 2.24. The smallest absolute Gasteiger partial charge is 0.135 e. The van der Waals surface area contributed by atoms with Crippen LogP contribution in [-0.4, -0.2) is 9.78 Å². The Morgan fingerprint density at radius 1 is 1.47 bits per heavy atom. The van der Waals surface area contributed by atoms with E-state index in [-0.39, 0.29) is 0 Å². The maximum atomic E-state index is 5.99. The van der Waals surface area contributed by atoms with Crippen molar-refractivity contribution in [1.29, 1.82) is 0 Å². The molecule has 0 aromatic carbocycles. The van der Waals surface area contributed by atoms with Crippen molar-refractivity contribution in [3.63, 3.8) is 0 Å². The Bertz CT molecular complexity index is 327. The molecule has 0 unspecified atom stereocenters. The lowest BCUT2D eigenvalue weighted by molar-refractivity contribution is 0.258. The highest BCUT2D eigenvalue weighted by Gasteiger charge is 2.23. The molecule has 0 atom stereocenters. The molecular formula is C11H18IN3. The summed E-state index contributed by atoms with van der Waals surface area (Å²) in [5.41, 5.74) is 5.99. The van der Waals surface area contributed by atoms with E-state index in [0.717, 1.165) is 15.3 Å². The van der Waals surface area contributed by atoms with E-state index in [1.165, 1.54) is 32.1 Å². The van der Waals surface area contributed by atoms with E-state index in [1.807, 2.05) is 10.9 Å². The quantitative estimate of drug-likeness (QED) is 0.851. The van der Waals surface area contributed by atoms with Crippen LogP contribution in [0.1, 0.15) is 45.1 Å². The van der Waals surface area contributed by atoms with E-state index in [1.54, 1.807) is 0 Å². The first-order chi connectivity index (χ1) is 7.22. The van der Waals surface area contributed by atoms with Gasteiger partial charge in [-0.1, -0.05) is 13.3 Å². The van der Waals surface area contributed by atoms with Gasteiger partial charge in [0.05, 0.1) is 15.8 Å². The largest absolute Gasteiger partial charge is 0.383 e. The number of hydrogen-bond acceptors (Lipinski definition) is 2. The first-order valence-corrected chi connectivity index (χ1v) is 6.78. The lowest BCUT2D eigenvalue weighted by Gasteiger charge is -2.28. The van der Waals surface area contributed by atoms with Crippen LogP contribution in [0.4, 0.5) is 5.82 Å². The number of nitrogens with zero attached hydrogens (tertiary/aromatic N) is 2. The Morgan fingerprint density at radius 2 is 2.13 bits per heavy atom. The molecule has 1 aromatic heterocycles. The van der Waals surface area contributed by atoms with E-state index in [4.69, 9.17) is 5.73 Å². The molecule has 0 bridgehead atoms. The molecular weight excluding hydrogens is 301 g/mol. The van der Waals surface area contributed by atoms with Crippen molar-refractivity contribution in [2.75, 3.05) is 5.73 Å². The second-order valence-corrected chi connectivity index (χ2v) is 5.57. The highest BCUT2D eigenvalue weighted by Crippen LogP contribution is 2.35. The fourth-order valence-electron chi connectivity index (χ4n) is 2.44. The topological polar surface area (TPSA) is 43.8 Å². The van der Waals surface area contributed by atoms with Crippen molar-refractivity contribution in [1.82, 2.24) is 9.78 Å². The number of hydrogen-bond donors (Lipinski definition) is 1. The van der Waals surface area contributed by atoms with Crippen molar-refractivity contribution in [2.45, 2.75) is 45.1 Å². The summed E-state index contributed by atoms with van der Waals surface area (Å²) in [6.07, 6.45) is 8.32. The highest BCUT2D eigenvalue weighted by atomic mass is 127. The first kappa shape index (κ1) is 11.2. The van der Waals surface area contributed by atoms with Gasteiger partial charge in [-0.25, -0.2) is 4.68 Å². The summed E-state index contributed by atoms with van der Waals surface area (Å²) < 4.78 is 3.10. The first-order valence-electron chi connectivity index (χ1n) is 5.70. The van der Waals surface area contributed by atoms with Crippen molar-refractivity contribution in [3.8, 4) is 0 Å². The molecule has 1 aliphatic rings. The van der Waals surface area contributed by atoms with E-state index < -0.39 is 0 Å². The molecule has 0 aliphatic heterocycles. The average Bonchev–Trinajstić information content (AvgIpc) is 2.60. The zero-order valence-corrected chi connectivity index (χ0v) is 11.3. The summed E-state index contributed by atoms with van der Waals surface area (Å²) in [5.74, 6) is 1.77. The Balaban J connectivity index is 2.04. The number of nitrogens with two attached hydrogens (primary N) is 1. The minimum Gasteiger partial charge on any atom is -0.383 e. The Hall–Kier alpha value is -0.260. The van der Waals surface area contributed by atoms with Crippen LogP contribution in [0.3, 0.4) is 0 Å². The fourth-order valence-corrected chi connectivity index (χ4v) is 2.81. The van der Waals surface area contributed by atoms with Gasteiger partial charge >= 0.3 is 0 Å². The maximum Gasteiger partial charge on any atom is 0.135 e. The molecule has 84 valence electrons. The van der Waals surface area contributed by atoms with Crippen LogP contribution in [0, 0.1) is 9.49 Å². The predicted molar refractivity (Wildman–Crippen MR) is 70.6 cm³/mol. The van der Waals surface area contributed by atoms with Crippen LogP contribution >= 0.6 is 22.6 Å². The zero-order chi connectivity index (χ0) is 10.8. The van der Waals surface area contributed by atoms with Crippen molar-refractivity contribution < 1.29 is 0 Å². The minimum atomic E-state index is 0.538. The van der Waals surface area contributed by atoms with Crippen LogP contribution in [0.15, 0.2) is 6.20 Å². The van der Waals surface area contributed by atoms with Crippen molar-refractivity contribution >= 4 is 28.4 Å². The predicted octanol–water partition coefficient (Wildman–Crippen LogP) is 3.21. The molecule has 3 nitrogen and oxygen atoms in total. The summed E-state index contributed by atoms with van der Waals surface area (Å²) in [7, 11) is 0. The molecule has 1 aromatic rings. The van der Waals surface area contributed by atoms with Gasteiger partial charge in [-0.2, -0.15) is 5.10 Å². The van der Waals surface area contributed by atoms with Gasteiger partial charge in [0.2, 0.25) is 0 Å². The number of rotatable bonds is 2. The summed E-state index contributed by atoms with van der Waals surface area (Å²) in [6, 6.07) is 0.538. The maximum absolute atomic E-state index is 5.99. The third kappa shape index (κ3) is 2.29. The minimum absolute atomic E-state index is 0.538. The van der Waals surface area contributed by atoms with Crippen LogP contribution in [0.5, 0.6) is 0 Å². The second kappa shape index (κ2) is 4.72. The molecule has 2 rings (SSSR count). The summed E-state index contributed by atoms with van der Waals surface area (Å²) in [6.45, 7) is 2.29. The molecule has 0 spiro atoms. The van der Waals surface area contributed by atoms with Gasteiger partial charge in [0.25, 0.3) is 0 Å². The number of nitrogen functional groups attached to an aromatic ring is 1. The van der Waals surface area contributed by atoms with E-state index in [9.17, 15) is 0 Å². The standard InChI is InChI=1S/C11H18IN3/c1-2-8-3-5-9(6-4-8)15-11(13)10(12)7-14-15/h7-9H,2-6,13H2,1H3. The Morgan fingerprint density at radius 3 is 2.60 bits per heavy atom. The van der Waals surface area contributed by atoms with Gasteiger partial charge in [-0.05, 0) is 54.2 Å². The normalized spacial score (nSPS) is 26.8. The van der Waals surface area contributed by atoms with E-state index in [0.29, 0.717) is 6.04 Å². The van der Waals surface area contributed by atoms with Gasteiger partial charge in [0.1, 0.15) is 5.82 Å². The Kier molecular flexibility index (Phi) is 3.53. The molecule has 0 amide bonds. The van der Waals surface area contributed by atoms with E-state index in [2.05, 4.69) is 34.6 Å². The SMILES string of the molecule is CCC1CCC(n2ncc(I)c2N)CC1. The number of anilines is 1. The molecule has 15 heavy (non-hydrogen) atoms. The fraction of sp³-hybridized carbons (Fsp3) is 0.727. The number of aromatic nitrogens is 2. The zero-order valence-electron chi connectivity index (χ0n) is 9.12. The third-order valence-electron chi connectivity index (χ3n) is 3.53. The lowest BCUT2D eigenvalue weighted by atomic mass is 9.84. The molecule has 2 N–H and O–H groups in total. The lowest BCUT2D eigenvalue weighted by Crippen LogP contribution is -2.20. The van der Waals surface area contributed by atoms with Gasteiger partial charge in [-0.3, -0.25) is 0 Å². The number of halogens is 1. The summed E-state index contributed by atoms with van der Waals surface area (Å²) in [4.78, 5) is 0. The molecule has 4 heteroatoms. The molecule has 0 saturated heterocycles. The van der Waals surface area contributed by atoms with Gasteiger partial charge in [-0.15, -0.1) is 0 Å². The molecule has 1 heterocycles. The van der Waals surface area contributed by atoms with Crippen LogP contribution < -0.4 is 5.73 Å². The summed E-state index contributed by atoms with van der Waals surface area (Å²) in [5, 5.41) is 4.37. The molecule has 1 fully saturated rings. The van der Waals surface area contributed by atoms with Crippen LogP contribution in [0.25, 0.3) is 0 Å². The van der Waals surface area contributed by atoms with E-state index >= 15 is 0 Å². The monoisotopic (exact) mass is 319 g/mol. The average molecular weight is 319 g/mol.